The molecule has 0 unspecified atom stereocenters. The van der Waals surface area contributed by atoms with Crippen LogP contribution in [0.1, 0.15) is 29.3 Å². The molecule has 1 heterocycles. The first kappa shape index (κ1) is 16.8. The Bertz CT molecular complexity index is 820. The molecule has 0 radical (unpaired) electrons. The topological polar surface area (TPSA) is 66.5 Å². The van der Waals surface area contributed by atoms with Crippen LogP contribution < -0.4 is 5.32 Å². The Morgan fingerprint density at radius 1 is 1.08 bits per heavy atom. The average molecular weight is 340 g/mol. The van der Waals surface area contributed by atoms with Crippen LogP contribution in [0.2, 0.25) is 0 Å². The predicted molar refractivity (Wildman–Crippen MR) is 89.4 cm³/mol. The van der Waals surface area contributed by atoms with Gasteiger partial charge >= 0.3 is 6.03 Å². The number of urea groups is 1. The molecule has 0 spiro atoms. The van der Waals surface area contributed by atoms with Crippen molar-refractivity contribution in [1.29, 1.82) is 0 Å². The summed E-state index contributed by atoms with van der Waals surface area (Å²) in [5, 5.41) is 2.72. The van der Waals surface area contributed by atoms with E-state index in [0.29, 0.717) is 12.0 Å². The molecule has 1 N–H and O–H groups in total. The van der Waals surface area contributed by atoms with Crippen molar-refractivity contribution in [3.05, 3.63) is 71.5 Å². The maximum Gasteiger partial charge on any atom is 0.325 e. The van der Waals surface area contributed by atoms with Crippen molar-refractivity contribution in [2.75, 3.05) is 6.54 Å². The highest BCUT2D eigenvalue weighted by Crippen LogP contribution is 2.32. The van der Waals surface area contributed by atoms with Gasteiger partial charge < -0.3 is 5.32 Å². The van der Waals surface area contributed by atoms with Crippen molar-refractivity contribution in [1.82, 2.24) is 10.2 Å². The molecule has 2 aromatic carbocycles. The van der Waals surface area contributed by atoms with E-state index in [4.69, 9.17) is 0 Å². The molecule has 0 aromatic heterocycles. The van der Waals surface area contributed by atoms with E-state index in [2.05, 4.69) is 5.32 Å². The number of hydrogen-bond acceptors (Lipinski definition) is 3. The van der Waals surface area contributed by atoms with Crippen LogP contribution in [-0.2, 0) is 10.3 Å². The van der Waals surface area contributed by atoms with E-state index in [1.165, 1.54) is 24.3 Å². The molecule has 1 aliphatic heterocycles. The van der Waals surface area contributed by atoms with Crippen molar-refractivity contribution < 1.29 is 18.8 Å². The Kier molecular flexibility index (Phi) is 4.35. The Balaban J connectivity index is 1.86. The maximum absolute atomic E-state index is 13.0. The summed E-state index contributed by atoms with van der Waals surface area (Å²) in [5.74, 6) is -1.34. The van der Waals surface area contributed by atoms with Gasteiger partial charge in [0.25, 0.3) is 5.91 Å². The van der Waals surface area contributed by atoms with E-state index in [-0.39, 0.29) is 12.1 Å². The number of hydrogen-bond donors (Lipinski definition) is 1. The van der Waals surface area contributed by atoms with Gasteiger partial charge in [-0.1, -0.05) is 37.3 Å². The predicted octanol–water partition coefficient (Wildman–Crippen LogP) is 2.87. The zero-order valence-corrected chi connectivity index (χ0v) is 13.7. The number of nitrogens with zero attached hydrogens (tertiary/aromatic N) is 1. The van der Waals surface area contributed by atoms with Gasteiger partial charge in [0.2, 0.25) is 0 Å². The SMILES string of the molecule is CC[C@]1(c2ccccc2)NC(=O)N(CC(=O)c2ccc(F)cc2)C1=O. The first-order valence-corrected chi connectivity index (χ1v) is 7.96. The Morgan fingerprint density at radius 3 is 2.32 bits per heavy atom. The van der Waals surface area contributed by atoms with Crippen LogP contribution >= 0.6 is 0 Å². The van der Waals surface area contributed by atoms with Gasteiger partial charge in [-0.2, -0.15) is 0 Å². The van der Waals surface area contributed by atoms with Crippen molar-refractivity contribution >= 4 is 17.7 Å². The Morgan fingerprint density at radius 2 is 1.72 bits per heavy atom. The molecular weight excluding hydrogens is 323 g/mol. The number of nitrogens with one attached hydrogen (secondary N) is 1. The largest absolute Gasteiger partial charge is 0.325 e. The fourth-order valence-electron chi connectivity index (χ4n) is 3.00. The normalized spacial score (nSPS) is 19.8. The van der Waals surface area contributed by atoms with Gasteiger partial charge in [-0.3, -0.25) is 14.5 Å². The van der Waals surface area contributed by atoms with Crippen molar-refractivity contribution in [3.8, 4) is 0 Å². The number of Topliss-reactive ketones (excluding diaryl/α,β-unsaturated/α-hetero) is 1. The van der Waals surface area contributed by atoms with Crippen molar-refractivity contribution in [3.63, 3.8) is 0 Å². The minimum atomic E-state index is -1.17. The molecule has 0 saturated carbocycles. The van der Waals surface area contributed by atoms with Gasteiger partial charge in [-0.15, -0.1) is 0 Å². The number of amides is 3. The summed E-state index contributed by atoms with van der Waals surface area (Å²) in [6, 6.07) is 13.3. The summed E-state index contributed by atoms with van der Waals surface area (Å²) in [6.07, 6.45) is 0.364. The third-order valence-electron chi connectivity index (χ3n) is 4.44. The van der Waals surface area contributed by atoms with Gasteiger partial charge in [-0.25, -0.2) is 9.18 Å². The second-order valence-corrected chi connectivity index (χ2v) is 5.88. The maximum atomic E-state index is 13.0. The van der Waals surface area contributed by atoms with Gasteiger partial charge in [0.05, 0.1) is 6.54 Å². The van der Waals surface area contributed by atoms with Crippen LogP contribution in [0.5, 0.6) is 0 Å². The molecule has 1 atom stereocenters. The quantitative estimate of drug-likeness (QED) is 0.672. The standard InChI is InChI=1S/C19H17FN2O3/c1-2-19(14-6-4-3-5-7-14)17(24)22(18(25)21-19)12-16(23)13-8-10-15(20)11-9-13/h3-11H,2,12H2,1H3,(H,21,25)/t19-/m1/s1. The lowest BCUT2D eigenvalue weighted by molar-refractivity contribution is -0.131. The zero-order valence-electron chi connectivity index (χ0n) is 13.7. The molecule has 5 nitrogen and oxygen atoms in total. The van der Waals surface area contributed by atoms with Crippen LogP contribution in [0.3, 0.4) is 0 Å². The number of carbonyl (C=O) groups excluding carboxylic acids is 3. The minimum Gasteiger partial charge on any atom is -0.319 e. The third-order valence-corrected chi connectivity index (χ3v) is 4.44. The molecule has 128 valence electrons. The number of ketones is 1. The smallest absolute Gasteiger partial charge is 0.319 e. The molecule has 2 aromatic rings. The molecule has 0 aliphatic carbocycles. The molecule has 6 heteroatoms. The number of halogens is 1. The van der Waals surface area contributed by atoms with Gasteiger partial charge in [0.1, 0.15) is 11.4 Å². The van der Waals surface area contributed by atoms with E-state index in [1.54, 1.807) is 31.2 Å². The summed E-state index contributed by atoms with van der Waals surface area (Å²) in [4.78, 5) is 38.5. The molecule has 3 rings (SSSR count). The summed E-state index contributed by atoms with van der Waals surface area (Å²) in [6.45, 7) is 1.42. The Hall–Kier alpha value is -3.02. The average Bonchev–Trinajstić information content (AvgIpc) is 2.88. The van der Waals surface area contributed by atoms with Crippen LogP contribution in [0.15, 0.2) is 54.6 Å². The fourth-order valence-corrected chi connectivity index (χ4v) is 3.00. The highest BCUT2D eigenvalue weighted by Gasteiger charge is 2.51. The third kappa shape index (κ3) is 2.91. The van der Waals surface area contributed by atoms with E-state index in [1.807, 2.05) is 6.07 Å². The minimum absolute atomic E-state index is 0.246. The van der Waals surface area contributed by atoms with Gasteiger partial charge in [0.15, 0.2) is 5.78 Å². The molecule has 1 saturated heterocycles. The number of carbonyl (C=O) groups is 3. The highest BCUT2D eigenvalue weighted by molar-refractivity contribution is 6.11. The Labute approximate surface area is 144 Å². The highest BCUT2D eigenvalue weighted by atomic mass is 19.1. The second kappa shape index (κ2) is 6.47. The fraction of sp³-hybridized carbons (Fsp3) is 0.211. The lowest BCUT2D eigenvalue weighted by Crippen LogP contribution is -2.43. The van der Waals surface area contributed by atoms with E-state index >= 15 is 0 Å². The first-order valence-electron chi connectivity index (χ1n) is 7.96. The van der Waals surface area contributed by atoms with E-state index < -0.39 is 29.1 Å². The molecule has 1 fully saturated rings. The molecule has 25 heavy (non-hydrogen) atoms. The molecule has 3 amide bonds. The summed E-state index contributed by atoms with van der Waals surface area (Å²) in [5.41, 5.74) is -0.246. The van der Waals surface area contributed by atoms with E-state index in [0.717, 1.165) is 4.90 Å². The lowest BCUT2D eigenvalue weighted by Gasteiger charge is -2.25. The monoisotopic (exact) mass is 340 g/mol. The lowest BCUT2D eigenvalue weighted by atomic mass is 9.87. The van der Waals surface area contributed by atoms with Crippen LogP contribution in [-0.4, -0.2) is 29.2 Å². The second-order valence-electron chi connectivity index (χ2n) is 5.88. The number of imide groups is 1. The summed E-state index contributed by atoms with van der Waals surface area (Å²) >= 11 is 0. The van der Waals surface area contributed by atoms with Crippen LogP contribution in [0, 0.1) is 5.82 Å². The van der Waals surface area contributed by atoms with Crippen molar-refractivity contribution in [2.45, 2.75) is 18.9 Å². The zero-order chi connectivity index (χ0) is 18.0. The van der Waals surface area contributed by atoms with E-state index in [9.17, 15) is 18.8 Å². The van der Waals surface area contributed by atoms with Crippen molar-refractivity contribution in [2.24, 2.45) is 0 Å². The summed E-state index contributed by atoms with van der Waals surface area (Å²) < 4.78 is 13.0. The van der Waals surface area contributed by atoms with Crippen LogP contribution in [0.25, 0.3) is 0 Å². The number of benzene rings is 2. The molecule has 0 bridgehead atoms. The number of rotatable bonds is 5. The summed E-state index contributed by atoms with van der Waals surface area (Å²) in [7, 11) is 0. The first-order chi connectivity index (χ1) is 12.0. The van der Waals surface area contributed by atoms with Crippen LogP contribution in [0.4, 0.5) is 9.18 Å². The van der Waals surface area contributed by atoms with Gasteiger partial charge in [0, 0.05) is 5.56 Å². The molecule has 1 aliphatic rings. The molecular formula is C19H17FN2O3. The van der Waals surface area contributed by atoms with Gasteiger partial charge in [-0.05, 0) is 36.2 Å².